The molecule has 124 valence electrons. The first-order valence-electron chi connectivity index (χ1n) is 7.63. The molecule has 1 N–H and O–H groups in total. The SMILES string of the molecule is COc1cc(N=Nc2ccccn2)ccc1NC(=O)c1ccccc1. The Balaban J connectivity index is 1.78. The maximum atomic E-state index is 12.3. The van der Waals surface area contributed by atoms with Gasteiger partial charge in [-0.05, 0) is 36.4 Å². The summed E-state index contributed by atoms with van der Waals surface area (Å²) in [5, 5.41) is 11.0. The van der Waals surface area contributed by atoms with Crippen molar-refractivity contribution in [2.24, 2.45) is 10.2 Å². The monoisotopic (exact) mass is 332 g/mol. The fourth-order valence-electron chi connectivity index (χ4n) is 2.15. The fourth-order valence-corrected chi connectivity index (χ4v) is 2.15. The number of azo groups is 1. The van der Waals surface area contributed by atoms with Gasteiger partial charge >= 0.3 is 0 Å². The molecule has 6 heteroatoms. The molecule has 0 unspecified atom stereocenters. The Morgan fingerprint density at radius 3 is 2.52 bits per heavy atom. The van der Waals surface area contributed by atoms with Gasteiger partial charge in [-0.2, -0.15) is 0 Å². The Hall–Kier alpha value is -3.54. The smallest absolute Gasteiger partial charge is 0.255 e. The lowest BCUT2D eigenvalue weighted by molar-refractivity contribution is 0.102. The van der Waals surface area contributed by atoms with Gasteiger partial charge in [-0.3, -0.25) is 4.79 Å². The van der Waals surface area contributed by atoms with Crippen LogP contribution in [0.4, 0.5) is 17.2 Å². The second kappa shape index (κ2) is 7.83. The third kappa shape index (κ3) is 4.26. The summed E-state index contributed by atoms with van der Waals surface area (Å²) in [5.74, 6) is 0.812. The number of nitrogens with one attached hydrogen (secondary N) is 1. The second-order valence-corrected chi connectivity index (χ2v) is 5.09. The van der Waals surface area contributed by atoms with Crippen LogP contribution in [0, 0.1) is 0 Å². The zero-order valence-electron chi connectivity index (χ0n) is 13.6. The van der Waals surface area contributed by atoms with Gasteiger partial charge in [-0.25, -0.2) is 4.98 Å². The lowest BCUT2D eigenvalue weighted by Gasteiger charge is -2.10. The predicted octanol–water partition coefficient (Wildman–Crippen LogP) is 4.76. The molecule has 0 radical (unpaired) electrons. The van der Waals surface area contributed by atoms with Crippen molar-refractivity contribution in [3.05, 3.63) is 78.5 Å². The van der Waals surface area contributed by atoms with Crippen molar-refractivity contribution in [1.82, 2.24) is 4.98 Å². The summed E-state index contributed by atoms with van der Waals surface area (Å²) in [4.78, 5) is 16.3. The van der Waals surface area contributed by atoms with Crippen LogP contribution in [0.25, 0.3) is 0 Å². The highest BCUT2D eigenvalue weighted by Crippen LogP contribution is 2.30. The predicted molar refractivity (Wildman–Crippen MR) is 95.8 cm³/mol. The molecule has 25 heavy (non-hydrogen) atoms. The molecule has 0 aliphatic carbocycles. The average molecular weight is 332 g/mol. The number of nitrogens with zero attached hydrogens (tertiary/aromatic N) is 3. The number of methoxy groups -OCH3 is 1. The Kier molecular flexibility index (Phi) is 5.11. The van der Waals surface area contributed by atoms with Crippen LogP contribution >= 0.6 is 0 Å². The van der Waals surface area contributed by atoms with E-state index in [0.29, 0.717) is 28.5 Å². The number of rotatable bonds is 5. The highest BCUT2D eigenvalue weighted by atomic mass is 16.5. The van der Waals surface area contributed by atoms with Crippen LogP contribution in [0.15, 0.2) is 83.2 Å². The maximum Gasteiger partial charge on any atom is 0.255 e. The highest BCUT2D eigenvalue weighted by Gasteiger charge is 2.10. The highest BCUT2D eigenvalue weighted by molar-refractivity contribution is 6.05. The van der Waals surface area contributed by atoms with Crippen LogP contribution in [-0.2, 0) is 0 Å². The van der Waals surface area contributed by atoms with Crippen molar-refractivity contribution in [3.8, 4) is 5.75 Å². The van der Waals surface area contributed by atoms with Gasteiger partial charge in [0.15, 0.2) is 5.82 Å². The summed E-state index contributed by atoms with van der Waals surface area (Å²) in [5.41, 5.74) is 1.73. The van der Waals surface area contributed by atoms with Crippen LogP contribution < -0.4 is 10.1 Å². The molecule has 2 aromatic carbocycles. The minimum Gasteiger partial charge on any atom is -0.494 e. The molecule has 1 amide bonds. The maximum absolute atomic E-state index is 12.3. The summed E-state index contributed by atoms with van der Waals surface area (Å²) in [6.45, 7) is 0. The fraction of sp³-hybridized carbons (Fsp3) is 0.0526. The van der Waals surface area contributed by atoms with Crippen LogP contribution in [0.1, 0.15) is 10.4 Å². The lowest BCUT2D eigenvalue weighted by atomic mass is 10.2. The minimum absolute atomic E-state index is 0.207. The third-order valence-electron chi connectivity index (χ3n) is 3.39. The summed E-state index contributed by atoms with van der Waals surface area (Å²) in [6.07, 6.45) is 1.65. The third-order valence-corrected chi connectivity index (χ3v) is 3.39. The van der Waals surface area contributed by atoms with Gasteiger partial charge in [0.1, 0.15) is 5.75 Å². The number of benzene rings is 2. The van der Waals surface area contributed by atoms with Crippen molar-refractivity contribution >= 4 is 23.1 Å². The topological polar surface area (TPSA) is 75.9 Å². The molecule has 0 saturated heterocycles. The van der Waals surface area contributed by atoms with E-state index in [2.05, 4.69) is 20.5 Å². The second-order valence-electron chi connectivity index (χ2n) is 5.09. The van der Waals surface area contributed by atoms with Gasteiger partial charge in [0.05, 0.1) is 18.5 Å². The van der Waals surface area contributed by atoms with Crippen LogP contribution in [-0.4, -0.2) is 18.0 Å². The molecule has 3 rings (SSSR count). The van der Waals surface area contributed by atoms with E-state index in [1.54, 1.807) is 42.6 Å². The Morgan fingerprint density at radius 1 is 1.00 bits per heavy atom. The van der Waals surface area contributed by atoms with E-state index in [1.165, 1.54) is 7.11 Å². The number of carbonyl (C=O) groups is 1. The average Bonchev–Trinajstić information content (AvgIpc) is 2.68. The molecule has 6 nitrogen and oxygen atoms in total. The number of hydrogen-bond donors (Lipinski definition) is 1. The van der Waals surface area contributed by atoms with E-state index in [4.69, 9.17) is 4.74 Å². The summed E-state index contributed by atoms with van der Waals surface area (Å²) >= 11 is 0. The van der Waals surface area contributed by atoms with Crippen molar-refractivity contribution in [2.75, 3.05) is 12.4 Å². The van der Waals surface area contributed by atoms with Gasteiger partial charge in [0, 0.05) is 17.8 Å². The number of hydrogen-bond acceptors (Lipinski definition) is 5. The van der Waals surface area contributed by atoms with E-state index in [0.717, 1.165) is 0 Å². The molecule has 1 heterocycles. The van der Waals surface area contributed by atoms with Crippen LogP contribution in [0.2, 0.25) is 0 Å². The van der Waals surface area contributed by atoms with Crippen molar-refractivity contribution < 1.29 is 9.53 Å². The van der Waals surface area contributed by atoms with E-state index in [9.17, 15) is 4.79 Å². The molecular weight excluding hydrogens is 316 g/mol. The van der Waals surface area contributed by atoms with E-state index in [1.807, 2.05) is 30.3 Å². The van der Waals surface area contributed by atoms with E-state index >= 15 is 0 Å². The van der Waals surface area contributed by atoms with Gasteiger partial charge in [-0.15, -0.1) is 10.2 Å². The standard InChI is InChI=1S/C19H16N4O2/c1-25-17-13-15(22-23-18-9-5-6-12-20-18)10-11-16(17)21-19(24)14-7-3-2-4-8-14/h2-13H,1H3,(H,21,24). The number of ether oxygens (including phenoxy) is 1. The molecule has 0 bridgehead atoms. The summed E-state index contributed by atoms with van der Waals surface area (Å²) in [6, 6.07) is 19.6. The molecule has 0 spiro atoms. The largest absolute Gasteiger partial charge is 0.494 e. The molecule has 1 aromatic heterocycles. The summed E-state index contributed by atoms with van der Waals surface area (Å²) in [7, 11) is 1.53. The van der Waals surface area contributed by atoms with Crippen molar-refractivity contribution in [1.29, 1.82) is 0 Å². The Bertz CT molecular complexity index is 880. The van der Waals surface area contributed by atoms with Crippen molar-refractivity contribution in [2.45, 2.75) is 0 Å². The number of carbonyl (C=O) groups excluding carboxylic acids is 1. The summed E-state index contributed by atoms with van der Waals surface area (Å²) < 4.78 is 5.34. The van der Waals surface area contributed by atoms with Gasteiger partial charge in [0.2, 0.25) is 0 Å². The van der Waals surface area contributed by atoms with Crippen molar-refractivity contribution in [3.63, 3.8) is 0 Å². The lowest BCUT2D eigenvalue weighted by Crippen LogP contribution is -2.12. The van der Waals surface area contributed by atoms with Gasteiger partial charge < -0.3 is 10.1 Å². The van der Waals surface area contributed by atoms with Gasteiger partial charge in [-0.1, -0.05) is 24.3 Å². The molecule has 0 aliphatic rings. The molecule has 3 aromatic rings. The Labute approximate surface area is 145 Å². The first-order chi connectivity index (χ1) is 12.3. The normalized spacial score (nSPS) is 10.6. The van der Waals surface area contributed by atoms with Gasteiger partial charge in [0.25, 0.3) is 5.91 Å². The zero-order valence-corrected chi connectivity index (χ0v) is 13.6. The number of pyridine rings is 1. The quantitative estimate of drug-likeness (QED) is 0.684. The molecular formula is C19H16N4O2. The number of anilines is 1. The zero-order chi connectivity index (χ0) is 17.5. The number of amides is 1. The van der Waals surface area contributed by atoms with E-state index in [-0.39, 0.29) is 5.91 Å². The Morgan fingerprint density at radius 2 is 1.80 bits per heavy atom. The minimum atomic E-state index is -0.207. The first-order valence-corrected chi connectivity index (χ1v) is 7.63. The van der Waals surface area contributed by atoms with Crippen LogP contribution in [0.5, 0.6) is 5.75 Å². The molecule has 0 aliphatic heterocycles. The van der Waals surface area contributed by atoms with E-state index < -0.39 is 0 Å². The molecule has 0 fully saturated rings. The van der Waals surface area contributed by atoms with Crippen LogP contribution in [0.3, 0.4) is 0 Å². The number of aromatic nitrogens is 1. The molecule has 0 atom stereocenters. The molecule has 0 saturated carbocycles. The first kappa shape index (κ1) is 16.3.